The maximum Gasteiger partial charge on any atom is 0.325 e. The summed E-state index contributed by atoms with van der Waals surface area (Å²) in [7, 11) is 0. The van der Waals surface area contributed by atoms with Gasteiger partial charge in [-0.1, -0.05) is 42.5 Å². The Kier molecular flexibility index (Phi) is 5.76. The van der Waals surface area contributed by atoms with Crippen molar-refractivity contribution in [3.8, 4) is 0 Å². The lowest BCUT2D eigenvalue weighted by Crippen LogP contribution is -2.44. The predicted molar refractivity (Wildman–Crippen MR) is 112 cm³/mol. The highest BCUT2D eigenvalue weighted by Crippen LogP contribution is 2.41. The van der Waals surface area contributed by atoms with E-state index in [1.54, 1.807) is 18.2 Å². The summed E-state index contributed by atoms with van der Waals surface area (Å²) in [5.74, 6) is 0.0968. The molecule has 4 amide bonds. The van der Waals surface area contributed by atoms with E-state index in [0.29, 0.717) is 36.5 Å². The number of aryl methyl sites for hydroxylation is 1. The Morgan fingerprint density at radius 1 is 1.17 bits per heavy atom. The Morgan fingerprint density at radius 2 is 1.93 bits per heavy atom. The average Bonchev–Trinajstić information content (AvgIpc) is 3.22. The molecule has 0 bridgehead atoms. The molecule has 0 radical (unpaired) electrons. The van der Waals surface area contributed by atoms with E-state index in [-0.39, 0.29) is 18.3 Å². The first kappa shape index (κ1) is 20.4. The molecule has 0 saturated carbocycles. The van der Waals surface area contributed by atoms with Crippen LogP contribution in [0.25, 0.3) is 0 Å². The van der Waals surface area contributed by atoms with Gasteiger partial charge in [-0.3, -0.25) is 14.5 Å². The normalized spacial score (nSPS) is 19.8. The van der Waals surface area contributed by atoms with Crippen LogP contribution in [0.5, 0.6) is 0 Å². The molecule has 6 nitrogen and oxygen atoms in total. The standard InChI is InChI=1S/C22H22FN3O3S/c23-18-8-4-2-6-16(18)14-30-12-11-24-19(27)13-26-20(28)22(25-21(26)29)10-9-15-5-1-3-7-17(15)22/h1-8H,9-14H2,(H,24,27)(H,25,29). The van der Waals surface area contributed by atoms with Crippen LogP contribution in [-0.2, 0) is 27.3 Å². The molecule has 2 aromatic carbocycles. The Balaban J connectivity index is 1.27. The second kappa shape index (κ2) is 8.47. The summed E-state index contributed by atoms with van der Waals surface area (Å²) < 4.78 is 13.6. The minimum atomic E-state index is -1.05. The van der Waals surface area contributed by atoms with E-state index in [4.69, 9.17) is 0 Å². The molecule has 1 atom stereocenters. The zero-order valence-electron chi connectivity index (χ0n) is 16.3. The number of nitrogens with one attached hydrogen (secondary N) is 2. The number of urea groups is 1. The fourth-order valence-corrected chi connectivity index (χ4v) is 4.84. The second-order valence-corrected chi connectivity index (χ2v) is 8.48. The number of imide groups is 1. The van der Waals surface area contributed by atoms with Crippen LogP contribution < -0.4 is 10.6 Å². The van der Waals surface area contributed by atoms with Crippen LogP contribution >= 0.6 is 11.8 Å². The largest absolute Gasteiger partial charge is 0.354 e. The molecule has 2 aliphatic rings. The third-order valence-corrected chi connectivity index (χ3v) is 6.52. The highest BCUT2D eigenvalue weighted by atomic mass is 32.2. The number of amides is 4. The number of halogens is 1. The molecule has 30 heavy (non-hydrogen) atoms. The first-order chi connectivity index (χ1) is 14.5. The molecule has 1 unspecified atom stereocenters. The second-order valence-electron chi connectivity index (χ2n) is 7.38. The molecule has 2 aromatic rings. The van der Waals surface area contributed by atoms with E-state index in [9.17, 15) is 18.8 Å². The molecule has 1 heterocycles. The van der Waals surface area contributed by atoms with Gasteiger partial charge in [0.2, 0.25) is 5.91 Å². The van der Waals surface area contributed by atoms with E-state index in [1.807, 2.05) is 24.3 Å². The van der Waals surface area contributed by atoms with Gasteiger partial charge in [0.05, 0.1) is 0 Å². The molecule has 1 saturated heterocycles. The molecule has 4 rings (SSSR count). The number of thioether (sulfide) groups is 1. The van der Waals surface area contributed by atoms with Crippen molar-refractivity contribution in [3.05, 3.63) is 71.0 Å². The van der Waals surface area contributed by atoms with E-state index in [1.165, 1.54) is 17.8 Å². The van der Waals surface area contributed by atoms with Crippen LogP contribution in [0.3, 0.4) is 0 Å². The monoisotopic (exact) mass is 427 g/mol. The van der Waals surface area contributed by atoms with Crippen molar-refractivity contribution in [1.82, 2.24) is 15.5 Å². The lowest BCUT2D eigenvalue weighted by molar-refractivity contribution is -0.135. The van der Waals surface area contributed by atoms with E-state index in [2.05, 4.69) is 10.6 Å². The maximum absolute atomic E-state index is 13.6. The van der Waals surface area contributed by atoms with Gasteiger partial charge in [0.1, 0.15) is 17.9 Å². The van der Waals surface area contributed by atoms with Gasteiger partial charge in [0.15, 0.2) is 0 Å². The van der Waals surface area contributed by atoms with Crippen molar-refractivity contribution in [2.24, 2.45) is 0 Å². The topological polar surface area (TPSA) is 78.5 Å². The van der Waals surface area contributed by atoms with Gasteiger partial charge in [0.25, 0.3) is 5.91 Å². The minimum absolute atomic E-state index is 0.241. The fraction of sp³-hybridized carbons (Fsp3) is 0.318. The number of hydrogen-bond acceptors (Lipinski definition) is 4. The van der Waals surface area contributed by atoms with Gasteiger partial charge in [-0.15, -0.1) is 0 Å². The number of carbonyl (C=O) groups is 3. The molecular weight excluding hydrogens is 405 g/mol. The quantitative estimate of drug-likeness (QED) is 0.526. The number of rotatable bonds is 7. The first-order valence-electron chi connectivity index (χ1n) is 9.81. The van der Waals surface area contributed by atoms with E-state index < -0.39 is 17.5 Å². The van der Waals surface area contributed by atoms with Crippen LogP contribution in [0, 0.1) is 5.82 Å². The van der Waals surface area contributed by atoms with Crippen molar-refractivity contribution in [3.63, 3.8) is 0 Å². The predicted octanol–water partition coefficient (Wildman–Crippen LogP) is 2.57. The highest BCUT2D eigenvalue weighted by Gasteiger charge is 2.55. The van der Waals surface area contributed by atoms with Gasteiger partial charge >= 0.3 is 6.03 Å². The Morgan fingerprint density at radius 3 is 2.77 bits per heavy atom. The van der Waals surface area contributed by atoms with Crippen LogP contribution in [0.1, 0.15) is 23.1 Å². The number of hydrogen-bond donors (Lipinski definition) is 2. The fourth-order valence-electron chi connectivity index (χ4n) is 3.99. The molecule has 1 spiro atoms. The van der Waals surface area contributed by atoms with E-state index >= 15 is 0 Å². The first-order valence-corrected chi connectivity index (χ1v) is 11.0. The van der Waals surface area contributed by atoms with Crippen molar-refractivity contribution in [2.45, 2.75) is 24.1 Å². The van der Waals surface area contributed by atoms with Crippen LogP contribution in [0.15, 0.2) is 48.5 Å². The highest BCUT2D eigenvalue weighted by molar-refractivity contribution is 7.98. The summed E-state index contributed by atoms with van der Waals surface area (Å²) in [5.41, 5.74) is 1.43. The summed E-state index contributed by atoms with van der Waals surface area (Å²) in [6.07, 6.45) is 1.21. The number of benzene rings is 2. The van der Waals surface area contributed by atoms with Gasteiger partial charge < -0.3 is 10.6 Å². The lowest BCUT2D eigenvalue weighted by atomic mass is 9.92. The summed E-state index contributed by atoms with van der Waals surface area (Å²) in [6, 6.07) is 13.6. The van der Waals surface area contributed by atoms with Crippen molar-refractivity contribution < 1.29 is 18.8 Å². The van der Waals surface area contributed by atoms with Crippen molar-refractivity contribution in [1.29, 1.82) is 0 Å². The third kappa shape index (κ3) is 3.79. The minimum Gasteiger partial charge on any atom is -0.354 e. The Labute approximate surface area is 178 Å². The average molecular weight is 428 g/mol. The van der Waals surface area contributed by atoms with Gasteiger partial charge in [-0.2, -0.15) is 11.8 Å². The molecular formula is C22H22FN3O3S. The number of nitrogens with zero attached hydrogens (tertiary/aromatic N) is 1. The summed E-state index contributed by atoms with van der Waals surface area (Å²) in [6.45, 7) is 0.0577. The SMILES string of the molecule is O=C(CN1C(=O)NC2(CCc3ccccc32)C1=O)NCCSCc1ccccc1F. The van der Waals surface area contributed by atoms with Crippen molar-refractivity contribution in [2.75, 3.05) is 18.8 Å². The molecule has 156 valence electrons. The van der Waals surface area contributed by atoms with E-state index in [0.717, 1.165) is 16.0 Å². The Bertz CT molecular complexity index is 999. The number of fused-ring (bicyclic) bond motifs is 2. The zero-order chi connectivity index (χ0) is 21.1. The molecule has 1 aliphatic carbocycles. The summed E-state index contributed by atoms with van der Waals surface area (Å²) in [5, 5.41) is 5.53. The smallest absolute Gasteiger partial charge is 0.325 e. The molecule has 0 aromatic heterocycles. The third-order valence-electron chi connectivity index (χ3n) is 5.51. The van der Waals surface area contributed by atoms with Gasteiger partial charge in [0, 0.05) is 18.1 Å². The molecule has 2 N–H and O–H groups in total. The molecule has 1 aliphatic heterocycles. The maximum atomic E-state index is 13.6. The number of carbonyl (C=O) groups excluding carboxylic acids is 3. The van der Waals surface area contributed by atoms with Crippen LogP contribution in [0.2, 0.25) is 0 Å². The van der Waals surface area contributed by atoms with Crippen LogP contribution in [-0.4, -0.2) is 41.6 Å². The molecule has 1 fully saturated rings. The van der Waals surface area contributed by atoms with Crippen LogP contribution in [0.4, 0.5) is 9.18 Å². The van der Waals surface area contributed by atoms with Gasteiger partial charge in [-0.25, -0.2) is 9.18 Å². The zero-order valence-corrected chi connectivity index (χ0v) is 17.1. The summed E-state index contributed by atoms with van der Waals surface area (Å²) in [4.78, 5) is 38.7. The molecule has 8 heteroatoms. The lowest BCUT2D eigenvalue weighted by Gasteiger charge is -2.22. The summed E-state index contributed by atoms with van der Waals surface area (Å²) >= 11 is 1.50. The Hall–Kier alpha value is -2.87. The van der Waals surface area contributed by atoms with Crippen molar-refractivity contribution >= 4 is 29.6 Å². The van der Waals surface area contributed by atoms with Gasteiger partial charge in [-0.05, 0) is 35.6 Å².